The third kappa shape index (κ3) is 4.00. The first-order valence-corrected chi connectivity index (χ1v) is 12.6. The first-order chi connectivity index (χ1) is 17.1. The zero-order valence-electron chi connectivity index (χ0n) is 19.2. The van der Waals surface area contributed by atoms with Crippen LogP contribution in [0.1, 0.15) is 23.6 Å². The summed E-state index contributed by atoms with van der Waals surface area (Å²) in [5.41, 5.74) is 3.30. The number of ether oxygens (including phenoxy) is 1. The molecule has 1 fully saturated rings. The van der Waals surface area contributed by atoms with Crippen molar-refractivity contribution in [2.75, 3.05) is 18.0 Å². The predicted octanol–water partition coefficient (Wildman–Crippen LogP) is 4.04. The topological polar surface area (TPSA) is 95.6 Å². The van der Waals surface area contributed by atoms with Crippen molar-refractivity contribution >= 4 is 35.1 Å². The highest BCUT2D eigenvalue weighted by Crippen LogP contribution is 2.51. The van der Waals surface area contributed by atoms with Crippen LogP contribution in [0.3, 0.4) is 0 Å². The largest absolute Gasteiger partial charge is 0.457 e. The summed E-state index contributed by atoms with van der Waals surface area (Å²) in [5, 5.41) is 9.80. The van der Waals surface area contributed by atoms with Crippen molar-refractivity contribution in [3.8, 4) is 11.5 Å². The van der Waals surface area contributed by atoms with Crippen LogP contribution < -0.4 is 25.6 Å². The first kappa shape index (κ1) is 21.9. The molecule has 3 aliphatic rings. The number of pyridine rings is 1. The highest BCUT2D eigenvalue weighted by atomic mass is 32.2. The number of para-hydroxylation sites is 1. The third-order valence-corrected chi connectivity index (χ3v) is 7.85. The standard InChI is InChI=1S/C26H25N5O3S/c1-15-13-18(34-17-5-3-2-4-6-17)7-8-19(15)31-20-10-12-28-25-21(20)22(30-26(31)33)23(35-25)24(32)29-16-9-11-27-14-16/h2-8,10,12-13,16,22-23,27H,9,11,14H2,1H3,(H,29,32)(H,30,33)/t16?,22?,23-/m1/s1. The van der Waals surface area contributed by atoms with Crippen LogP contribution in [0.2, 0.25) is 0 Å². The number of anilines is 2. The van der Waals surface area contributed by atoms with Gasteiger partial charge in [0.25, 0.3) is 0 Å². The molecule has 3 aliphatic heterocycles. The molecule has 9 heteroatoms. The van der Waals surface area contributed by atoms with Crippen LogP contribution in [-0.2, 0) is 4.79 Å². The molecule has 4 heterocycles. The van der Waals surface area contributed by atoms with Gasteiger partial charge < -0.3 is 20.7 Å². The molecule has 1 saturated heterocycles. The van der Waals surface area contributed by atoms with Gasteiger partial charge in [-0.2, -0.15) is 0 Å². The second-order valence-electron chi connectivity index (χ2n) is 8.91. The Bertz CT molecular complexity index is 1300. The molecule has 0 bridgehead atoms. The van der Waals surface area contributed by atoms with E-state index in [-0.39, 0.29) is 18.0 Å². The second-order valence-corrected chi connectivity index (χ2v) is 10.0. The third-order valence-electron chi connectivity index (χ3n) is 6.56. The second kappa shape index (κ2) is 8.90. The molecule has 6 rings (SSSR count). The van der Waals surface area contributed by atoms with Crippen molar-refractivity contribution in [2.45, 2.75) is 35.7 Å². The molecule has 2 unspecified atom stereocenters. The molecule has 3 atom stereocenters. The number of hydrogen-bond acceptors (Lipinski definition) is 6. The van der Waals surface area contributed by atoms with E-state index in [1.807, 2.05) is 61.5 Å². The van der Waals surface area contributed by atoms with Crippen LogP contribution >= 0.6 is 11.8 Å². The number of amides is 3. The molecular weight excluding hydrogens is 462 g/mol. The molecule has 35 heavy (non-hydrogen) atoms. The van der Waals surface area contributed by atoms with Crippen molar-refractivity contribution in [1.29, 1.82) is 0 Å². The SMILES string of the molecule is Cc1cc(Oc2ccccc2)ccc1N1C(=O)NC2c3c1ccnc3S[C@H]2C(=O)NC1CCNC1. The van der Waals surface area contributed by atoms with Gasteiger partial charge in [0, 0.05) is 24.3 Å². The van der Waals surface area contributed by atoms with E-state index in [0.29, 0.717) is 5.75 Å². The molecule has 0 saturated carbocycles. The number of carbonyl (C=O) groups excluding carboxylic acids is 2. The number of nitrogens with one attached hydrogen (secondary N) is 3. The van der Waals surface area contributed by atoms with Gasteiger partial charge in [0.2, 0.25) is 5.91 Å². The van der Waals surface area contributed by atoms with Crippen molar-refractivity contribution in [3.63, 3.8) is 0 Å². The molecule has 0 spiro atoms. The number of aryl methyl sites for hydroxylation is 1. The molecule has 1 aromatic heterocycles. The number of benzene rings is 2. The average Bonchev–Trinajstić information content (AvgIpc) is 3.50. The quantitative estimate of drug-likeness (QED) is 0.503. The van der Waals surface area contributed by atoms with Gasteiger partial charge in [0.15, 0.2) is 0 Å². The Labute approximate surface area is 207 Å². The lowest BCUT2D eigenvalue weighted by Crippen LogP contribution is -2.50. The molecule has 3 N–H and O–H groups in total. The average molecular weight is 488 g/mol. The van der Waals surface area contributed by atoms with Gasteiger partial charge >= 0.3 is 6.03 Å². The Morgan fingerprint density at radius 3 is 2.77 bits per heavy atom. The van der Waals surface area contributed by atoms with Gasteiger partial charge in [-0.05, 0) is 61.9 Å². The molecule has 8 nitrogen and oxygen atoms in total. The maximum Gasteiger partial charge on any atom is 0.327 e. The number of urea groups is 1. The molecule has 3 amide bonds. The maximum absolute atomic E-state index is 13.4. The Kier molecular flexibility index (Phi) is 5.58. The van der Waals surface area contributed by atoms with E-state index in [2.05, 4.69) is 20.9 Å². The molecule has 0 aliphatic carbocycles. The summed E-state index contributed by atoms with van der Waals surface area (Å²) in [5.74, 6) is 1.38. The lowest BCUT2D eigenvalue weighted by molar-refractivity contribution is -0.121. The van der Waals surface area contributed by atoms with E-state index in [1.165, 1.54) is 11.8 Å². The van der Waals surface area contributed by atoms with E-state index < -0.39 is 11.3 Å². The van der Waals surface area contributed by atoms with Crippen molar-refractivity contribution in [2.24, 2.45) is 0 Å². The number of aromatic nitrogens is 1. The summed E-state index contributed by atoms with van der Waals surface area (Å²) in [6, 6.07) is 16.5. The minimum absolute atomic E-state index is 0.0648. The fourth-order valence-electron chi connectivity index (χ4n) is 4.89. The van der Waals surface area contributed by atoms with E-state index in [9.17, 15) is 9.59 Å². The van der Waals surface area contributed by atoms with Crippen molar-refractivity contribution in [3.05, 3.63) is 71.9 Å². The fourth-order valence-corrected chi connectivity index (χ4v) is 6.13. The van der Waals surface area contributed by atoms with Gasteiger partial charge in [-0.25, -0.2) is 9.78 Å². The maximum atomic E-state index is 13.4. The Morgan fingerprint density at radius 2 is 2.00 bits per heavy atom. The van der Waals surface area contributed by atoms with Crippen LogP contribution in [0.15, 0.2) is 65.8 Å². The van der Waals surface area contributed by atoms with Crippen molar-refractivity contribution in [1.82, 2.24) is 20.9 Å². The zero-order valence-corrected chi connectivity index (χ0v) is 20.0. The molecular formula is C26H25N5O3S. The number of carbonyl (C=O) groups is 2. The van der Waals surface area contributed by atoms with Crippen LogP contribution in [0.4, 0.5) is 16.2 Å². The molecule has 3 aromatic rings. The number of thioether (sulfide) groups is 1. The summed E-state index contributed by atoms with van der Waals surface area (Å²) >= 11 is 1.42. The van der Waals surface area contributed by atoms with E-state index >= 15 is 0 Å². The van der Waals surface area contributed by atoms with E-state index in [1.54, 1.807) is 11.1 Å². The van der Waals surface area contributed by atoms with Gasteiger partial charge in [-0.15, -0.1) is 0 Å². The first-order valence-electron chi connectivity index (χ1n) is 11.7. The smallest absolute Gasteiger partial charge is 0.327 e. The van der Waals surface area contributed by atoms with Gasteiger partial charge in [-0.3, -0.25) is 9.69 Å². The minimum Gasteiger partial charge on any atom is -0.457 e. The highest BCUT2D eigenvalue weighted by molar-refractivity contribution is 8.01. The van der Waals surface area contributed by atoms with Crippen LogP contribution in [0.5, 0.6) is 11.5 Å². The predicted molar refractivity (Wildman–Crippen MR) is 134 cm³/mol. The number of rotatable bonds is 5. The van der Waals surface area contributed by atoms with Gasteiger partial charge in [0.1, 0.15) is 21.8 Å². The van der Waals surface area contributed by atoms with Crippen LogP contribution in [-0.4, -0.2) is 41.3 Å². The lowest BCUT2D eigenvalue weighted by atomic mass is 9.99. The fraction of sp³-hybridized carbons (Fsp3) is 0.269. The van der Waals surface area contributed by atoms with Crippen LogP contribution in [0.25, 0.3) is 0 Å². The molecule has 2 aromatic carbocycles. The number of nitrogens with zero attached hydrogens (tertiary/aromatic N) is 2. The number of hydrogen-bond donors (Lipinski definition) is 3. The molecule has 178 valence electrons. The Hall–Kier alpha value is -3.56. The van der Waals surface area contributed by atoms with Crippen LogP contribution in [0, 0.1) is 6.92 Å². The Balaban J connectivity index is 1.29. The minimum atomic E-state index is -0.451. The van der Waals surface area contributed by atoms with E-state index in [4.69, 9.17) is 4.74 Å². The highest BCUT2D eigenvalue weighted by Gasteiger charge is 2.47. The monoisotopic (exact) mass is 487 g/mol. The summed E-state index contributed by atoms with van der Waals surface area (Å²) in [6.07, 6.45) is 2.61. The normalized spacial score (nSPS) is 22.5. The summed E-state index contributed by atoms with van der Waals surface area (Å²) < 4.78 is 5.96. The molecule has 0 radical (unpaired) electrons. The summed E-state index contributed by atoms with van der Waals surface area (Å²) in [7, 11) is 0. The zero-order chi connectivity index (χ0) is 23.9. The van der Waals surface area contributed by atoms with E-state index in [0.717, 1.165) is 52.8 Å². The lowest BCUT2D eigenvalue weighted by Gasteiger charge is -2.35. The summed E-state index contributed by atoms with van der Waals surface area (Å²) in [4.78, 5) is 32.7. The van der Waals surface area contributed by atoms with Crippen molar-refractivity contribution < 1.29 is 14.3 Å². The van der Waals surface area contributed by atoms with Gasteiger partial charge in [0.05, 0.1) is 17.4 Å². The Morgan fingerprint density at radius 1 is 1.14 bits per heavy atom. The van der Waals surface area contributed by atoms with Gasteiger partial charge in [-0.1, -0.05) is 30.0 Å². The summed E-state index contributed by atoms with van der Waals surface area (Å²) in [6.45, 7) is 3.63.